The lowest BCUT2D eigenvalue weighted by molar-refractivity contribution is -0.160. The minimum absolute atomic E-state index is 0.129. The first-order valence-corrected chi connectivity index (χ1v) is 11.8. The maximum Gasteiger partial charge on any atom is 0.313 e. The van der Waals surface area contributed by atoms with Crippen molar-refractivity contribution in [2.24, 2.45) is 11.8 Å². The Kier molecular flexibility index (Phi) is 5.21. The summed E-state index contributed by atoms with van der Waals surface area (Å²) in [6.07, 6.45) is 12.5. The molecule has 0 aromatic rings. The van der Waals surface area contributed by atoms with Crippen LogP contribution in [-0.4, -0.2) is 81.8 Å². The number of hydrogen-bond donors (Lipinski definition) is 1. The fourth-order valence-corrected chi connectivity index (χ4v) is 6.60. The molecule has 174 valence electrons. The van der Waals surface area contributed by atoms with E-state index in [1.54, 1.807) is 26.0 Å². The number of carbonyl (C=O) groups excluding carboxylic acids is 3. The van der Waals surface area contributed by atoms with Crippen LogP contribution in [-0.2, 0) is 23.9 Å². The molecule has 1 saturated carbocycles. The number of likely N-dealkylation sites (tertiary alicyclic amines) is 1. The first kappa shape index (κ1) is 21.6. The van der Waals surface area contributed by atoms with E-state index in [1.807, 2.05) is 17.1 Å². The van der Waals surface area contributed by atoms with Gasteiger partial charge in [-0.05, 0) is 32.8 Å². The summed E-state index contributed by atoms with van der Waals surface area (Å²) >= 11 is 0. The molecule has 3 fully saturated rings. The number of aliphatic hydroxyl groups is 1. The van der Waals surface area contributed by atoms with Gasteiger partial charge in [-0.3, -0.25) is 14.4 Å². The molecular weight excluding hydrogens is 412 g/mol. The summed E-state index contributed by atoms with van der Waals surface area (Å²) in [6, 6.07) is -1.37. The van der Waals surface area contributed by atoms with Crippen LogP contribution in [0.1, 0.15) is 46.0 Å². The van der Waals surface area contributed by atoms with Gasteiger partial charge in [0.1, 0.15) is 24.2 Å². The van der Waals surface area contributed by atoms with E-state index in [0.717, 1.165) is 25.7 Å². The average molecular weight is 445 g/mol. The first-order chi connectivity index (χ1) is 15.3. The van der Waals surface area contributed by atoms with Crippen molar-refractivity contribution in [2.75, 3.05) is 19.8 Å². The van der Waals surface area contributed by atoms with Gasteiger partial charge in [0, 0.05) is 12.6 Å². The van der Waals surface area contributed by atoms with Crippen molar-refractivity contribution in [3.63, 3.8) is 0 Å². The SMILES string of the molecule is C[C@H](CO)N1C(=O)[C@@H]2[C@H]3C(=O)OCC=C[C@@]3(C)O[C@@]23C=CCN(C2CCCCC2)C(=O)C13. The Labute approximate surface area is 188 Å². The number of fused-ring (bicyclic) bond motifs is 2. The zero-order valence-electron chi connectivity index (χ0n) is 18.7. The largest absolute Gasteiger partial charge is 0.461 e. The highest BCUT2D eigenvalue weighted by Gasteiger charge is 2.75. The van der Waals surface area contributed by atoms with Crippen LogP contribution < -0.4 is 0 Å². The molecule has 1 spiro atoms. The molecule has 8 nitrogen and oxygen atoms in total. The van der Waals surface area contributed by atoms with Gasteiger partial charge in [0.25, 0.3) is 0 Å². The quantitative estimate of drug-likeness (QED) is 0.519. The molecule has 0 radical (unpaired) electrons. The Morgan fingerprint density at radius 2 is 1.84 bits per heavy atom. The van der Waals surface area contributed by atoms with E-state index in [-0.39, 0.29) is 31.1 Å². The molecule has 4 aliphatic heterocycles. The molecule has 32 heavy (non-hydrogen) atoms. The van der Waals surface area contributed by atoms with Crippen molar-refractivity contribution in [2.45, 2.75) is 75.3 Å². The van der Waals surface area contributed by atoms with Crippen LogP contribution in [0.25, 0.3) is 0 Å². The van der Waals surface area contributed by atoms with Crippen LogP contribution in [0.4, 0.5) is 0 Å². The molecular formula is C24H32N2O6. The lowest BCUT2D eigenvalue weighted by Crippen LogP contribution is -2.59. The summed E-state index contributed by atoms with van der Waals surface area (Å²) < 4.78 is 12.0. The smallest absolute Gasteiger partial charge is 0.313 e. The van der Waals surface area contributed by atoms with Gasteiger partial charge in [0.05, 0.1) is 24.2 Å². The zero-order valence-corrected chi connectivity index (χ0v) is 18.7. The third kappa shape index (κ3) is 2.91. The van der Waals surface area contributed by atoms with Crippen molar-refractivity contribution in [3.8, 4) is 0 Å². The van der Waals surface area contributed by atoms with Gasteiger partial charge in [0.2, 0.25) is 11.8 Å². The van der Waals surface area contributed by atoms with Crippen LogP contribution in [0, 0.1) is 11.8 Å². The molecule has 4 heterocycles. The maximum absolute atomic E-state index is 14.1. The van der Waals surface area contributed by atoms with E-state index in [2.05, 4.69) is 0 Å². The van der Waals surface area contributed by atoms with E-state index in [0.29, 0.717) is 6.54 Å². The van der Waals surface area contributed by atoms with Crippen LogP contribution in [0.3, 0.4) is 0 Å². The van der Waals surface area contributed by atoms with Gasteiger partial charge in [-0.2, -0.15) is 0 Å². The molecule has 5 aliphatic rings. The van der Waals surface area contributed by atoms with E-state index in [9.17, 15) is 19.5 Å². The molecule has 1 N–H and O–H groups in total. The van der Waals surface area contributed by atoms with Crippen LogP contribution >= 0.6 is 0 Å². The van der Waals surface area contributed by atoms with Crippen LogP contribution in [0.5, 0.6) is 0 Å². The highest BCUT2D eigenvalue weighted by Crippen LogP contribution is 2.57. The van der Waals surface area contributed by atoms with E-state index >= 15 is 0 Å². The fraction of sp³-hybridized carbons (Fsp3) is 0.708. The van der Waals surface area contributed by atoms with E-state index in [1.165, 1.54) is 11.3 Å². The summed E-state index contributed by atoms with van der Waals surface area (Å²) in [5.74, 6) is -2.71. The Hall–Kier alpha value is -2.19. The highest BCUT2D eigenvalue weighted by molar-refractivity contribution is 5.99. The molecule has 8 heteroatoms. The molecule has 1 aliphatic carbocycles. The summed E-state index contributed by atoms with van der Waals surface area (Å²) in [5, 5.41) is 9.94. The Morgan fingerprint density at radius 1 is 1.09 bits per heavy atom. The number of cyclic esters (lactones) is 1. The number of nitrogens with zero attached hydrogens (tertiary/aromatic N) is 2. The van der Waals surface area contributed by atoms with Crippen molar-refractivity contribution in [1.29, 1.82) is 0 Å². The predicted molar refractivity (Wildman–Crippen MR) is 114 cm³/mol. The molecule has 2 saturated heterocycles. The minimum atomic E-state index is -1.28. The highest BCUT2D eigenvalue weighted by atomic mass is 16.6. The van der Waals surface area contributed by atoms with Crippen molar-refractivity contribution < 1.29 is 29.0 Å². The van der Waals surface area contributed by atoms with Crippen molar-refractivity contribution >= 4 is 17.8 Å². The second kappa shape index (κ2) is 7.70. The van der Waals surface area contributed by atoms with Gasteiger partial charge in [-0.25, -0.2) is 0 Å². The van der Waals surface area contributed by atoms with Gasteiger partial charge >= 0.3 is 5.97 Å². The standard InChI is InChI=1S/C24H32N2O6/c1-15(14-27)26-19-21(29)25(16-8-4-3-5-9-16)12-6-11-24(19)17(20(26)28)18-22(30)31-13-7-10-23(18,2)32-24/h6-7,10-11,15-19,27H,3-5,8-9,12-14H2,1-2H3/t15-,17+,18+,19?,23-,24+/m1/s1. The normalized spacial score (nSPS) is 40.5. The fourth-order valence-electron chi connectivity index (χ4n) is 6.60. The van der Waals surface area contributed by atoms with E-state index < -0.39 is 41.1 Å². The number of amides is 2. The number of ether oxygens (including phenoxy) is 2. The van der Waals surface area contributed by atoms with E-state index in [4.69, 9.17) is 9.47 Å². The third-order valence-corrected chi connectivity index (χ3v) is 8.04. The molecule has 5 rings (SSSR count). The summed E-state index contributed by atoms with van der Waals surface area (Å²) in [6.45, 7) is 3.82. The molecule has 1 unspecified atom stereocenters. The monoisotopic (exact) mass is 444 g/mol. The topological polar surface area (TPSA) is 96.4 Å². The predicted octanol–water partition coefficient (Wildman–Crippen LogP) is 1.18. The minimum Gasteiger partial charge on any atom is -0.461 e. The number of hydrogen-bond acceptors (Lipinski definition) is 6. The number of esters is 1. The van der Waals surface area contributed by atoms with Crippen LogP contribution in [0.15, 0.2) is 24.3 Å². The summed E-state index contributed by atoms with van der Waals surface area (Å²) in [4.78, 5) is 44.3. The van der Waals surface area contributed by atoms with Gasteiger partial charge < -0.3 is 24.4 Å². The maximum atomic E-state index is 14.1. The zero-order chi connectivity index (χ0) is 22.7. The van der Waals surface area contributed by atoms with Crippen LogP contribution in [0.2, 0.25) is 0 Å². The Morgan fingerprint density at radius 3 is 2.56 bits per heavy atom. The summed E-state index contributed by atoms with van der Waals surface area (Å²) in [7, 11) is 0. The second-order valence-electron chi connectivity index (χ2n) is 9.99. The third-order valence-electron chi connectivity index (χ3n) is 8.04. The number of rotatable bonds is 3. The lowest BCUT2D eigenvalue weighted by Gasteiger charge is -2.41. The lowest BCUT2D eigenvalue weighted by atomic mass is 9.74. The molecule has 0 bridgehead atoms. The van der Waals surface area contributed by atoms with Crippen molar-refractivity contribution in [1.82, 2.24) is 9.80 Å². The van der Waals surface area contributed by atoms with Gasteiger partial charge in [-0.15, -0.1) is 0 Å². The molecule has 0 aromatic carbocycles. The Bertz CT molecular complexity index is 880. The summed E-state index contributed by atoms with van der Waals surface area (Å²) in [5.41, 5.74) is -2.33. The number of carbonyl (C=O) groups is 3. The first-order valence-electron chi connectivity index (χ1n) is 11.8. The Balaban J connectivity index is 1.63. The van der Waals surface area contributed by atoms with Gasteiger partial charge in [-0.1, -0.05) is 37.5 Å². The molecule has 0 aromatic heterocycles. The van der Waals surface area contributed by atoms with Gasteiger partial charge in [0.15, 0.2) is 0 Å². The molecule has 6 atom stereocenters. The molecule has 2 amide bonds. The average Bonchev–Trinajstić information content (AvgIpc) is 3.05. The number of aliphatic hydroxyl groups excluding tert-OH is 1. The van der Waals surface area contributed by atoms with Crippen molar-refractivity contribution in [3.05, 3.63) is 24.3 Å². The second-order valence-corrected chi connectivity index (χ2v) is 9.99.